The van der Waals surface area contributed by atoms with Crippen LogP contribution in [0, 0.1) is 13.8 Å². The van der Waals surface area contributed by atoms with E-state index >= 15 is 0 Å². The van der Waals surface area contributed by atoms with Gasteiger partial charge in [0.25, 0.3) is 0 Å². The average Bonchev–Trinajstić information content (AvgIpc) is 2.73. The Labute approximate surface area is 183 Å². The van der Waals surface area contributed by atoms with E-state index in [0.29, 0.717) is 21.0 Å². The maximum Gasteiger partial charge on any atom is 0.421 e. The van der Waals surface area contributed by atoms with E-state index in [1.54, 1.807) is 12.1 Å². The van der Waals surface area contributed by atoms with Crippen LogP contribution >= 0.6 is 23.2 Å². The quantitative estimate of drug-likeness (QED) is 0.356. The number of carbonyl (C=O) groups excluding carboxylic acids is 1. The molecular formula is C21H16BCl2NO5. The Morgan fingerprint density at radius 1 is 0.933 bits per heavy atom. The third-order valence-corrected chi connectivity index (χ3v) is 5.25. The summed E-state index contributed by atoms with van der Waals surface area (Å²) in [5, 5.41) is 10.0. The van der Waals surface area contributed by atoms with Gasteiger partial charge in [0.2, 0.25) is 0 Å². The number of pyridine rings is 1. The normalized spacial score (nSPS) is 10.5. The molecule has 9 heteroatoms. The first kappa shape index (κ1) is 21.8. The van der Waals surface area contributed by atoms with Crippen LogP contribution in [-0.4, -0.2) is 28.9 Å². The number of rotatable bonds is 6. The Bertz CT molecular complexity index is 1050. The SMILES string of the molecule is Cc1ccc(B(OOC(=O)c2ccc(C(=O)O)cn2)c2ccc(C)c(Cl)c2)cc1Cl. The molecule has 6 nitrogen and oxygen atoms in total. The van der Waals surface area contributed by atoms with Crippen molar-refractivity contribution in [3.8, 4) is 0 Å². The lowest BCUT2D eigenvalue weighted by molar-refractivity contribution is -0.151. The second-order valence-electron chi connectivity index (χ2n) is 6.60. The highest BCUT2D eigenvalue weighted by Gasteiger charge is 2.27. The summed E-state index contributed by atoms with van der Waals surface area (Å²) in [6, 6.07) is 13.2. The molecule has 1 heterocycles. The van der Waals surface area contributed by atoms with E-state index in [9.17, 15) is 9.59 Å². The largest absolute Gasteiger partial charge is 0.478 e. The summed E-state index contributed by atoms with van der Waals surface area (Å²) in [6.07, 6.45) is 1.07. The van der Waals surface area contributed by atoms with Crippen LogP contribution in [-0.2, 0) is 9.69 Å². The summed E-state index contributed by atoms with van der Waals surface area (Å²) in [4.78, 5) is 37.5. The zero-order valence-electron chi connectivity index (χ0n) is 16.1. The number of hydrogen-bond donors (Lipinski definition) is 1. The second kappa shape index (κ2) is 9.30. The first-order chi connectivity index (χ1) is 14.3. The molecule has 0 aliphatic carbocycles. The van der Waals surface area contributed by atoms with Crippen molar-refractivity contribution in [1.82, 2.24) is 4.98 Å². The molecule has 0 saturated carbocycles. The molecule has 30 heavy (non-hydrogen) atoms. The van der Waals surface area contributed by atoms with Crippen LogP contribution < -0.4 is 10.9 Å². The van der Waals surface area contributed by atoms with Crippen molar-refractivity contribution in [2.45, 2.75) is 13.8 Å². The molecule has 2 aromatic carbocycles. The lowest BCUT2D eigenvalue weighted by Crippen LogP contribution is -2.45. The van der Waals surface area contributed by atoms with Gasteiger partial charge in [-0.2, -0.15) is 0 Å². The average molecular weight is 444 g/mol. The number of aromatic nitrogens is 1. The summed E-state index contributed by atoms with van der Waals surface area (Å²) < 4.78 is 0. The van der Waals surface area contributed by atoms with E-state index < -0.39 is 18.9 Å². The van der Waals surface area contributed by atoms with Crippen LogP contribution in [0.3, 0.4) is 0 Å². The van der Waals surface area contributed by atoms with Gasteiger partial charge in [-0.15, -0.1) is 0 Å². The van der Waals surface area contributed by atoms with Crippen LogP contribution in [0.4, 0.5) is 0 Å². The fraction of sp³-hybridized carbons (Fsp3) is 0.0952. The molecule has 0 bridgehead atoms. The molecule has 0 radical (unpaired) electrons. The smallest absolute Gasteiger partial charge is 0.421 e. The van der Waals surface area contributed by atoms with Crippen molar-refractivity contribution in [2.24, 2.45) is 0 Å². The highest BCUT2D eigenvalue weighted by Crippen LogP contribution is 2.15. The van der Waals surface area contributed by atoms with E-state index in [1.165, 1.54) is 12.1 Å². The van der Waals surface area contributed by atoms with Gasteiger partial charge in [0.15, 0.2) is 5.69 Å². The van der Waals surface area contributed by atoms with Crippen LogP contribution in [0.15, 0.2) is 54.7 Å². The number of carboxylic acid groups (broad SMARTS) is 1. The third-order valence-electron chi connectivity index (χ3n) is 4.44. The van der Waals surface area contributed by atoms with Crippen molar-refractivity contribution < 1.29 is 24.4 Å². The number of carboxylic acids is 1. The summed E-state index contributed by atoms with van der Waals surface area (Å²) >= 11 is 12.5. The van der Waals surface area contributed by atoms with Gasteiger partial charge < -0.3 is 9.99 Å². The standard InChI is InChI=1S/C21H16BCl2NO5/c1-12-3-6-15(9-17(12)23)22(16-7-4-13(2)18(24)10-16)30-29-21(28)19-8-5-14(11-25-19)20(26)27/h3-11H,1-2H3,(H,26,27). The van der Waals surface area contributed by atoms with Gasteiger partial charge in [0, 0.05) is 16.2 Å². The van der Waals surface area contributed by atoms with Crippen LogP contribution in [0.1, 0.15) is 32.0 Å². The van der Waals surface area contributed by atoms with Crippen molar-refractivity contribution in [3.63, 3.8) is 0 Å². The molecule has 1 N–H and O–H groups in total. The van der Waals surface area contributed by atoms with Gasteiger partial charge in [-0.3, -0.25) is 0 Å². The lowest BCUT2D eigenvalue weighted by Gasteiger charge is -2.15. The fourth-order valence-corrected chi connectivity index (χ4v) is 3.00. The molecule has 152 valence electrons. The molecule has 0 unspecified atom stereocenters. The Hall–Kier alpha value is -2.87. The highest BCUT2D eigenvalue weighted by atomic mass is 35.5. The molecule has 0 atom stereocenters. The van der Waals surface area contributed by atoms with Crippen molar-refractivity contribution >= 4 is 53.0 Å². The predicted octanol–water partition coefficient (Wildman–Crippen LogP) is 3.60. The molecule has 1 aromatic heterocycles. The topological polar surface area (TPSA) is 85.7 Å². The minimum Gasteiger partial charge on any atom is -0.478 e. The van der Waals surface area contributed by atoms with Crippen molar-refractivity contribution in [1.29, 1.82) is 0 Å². The number of aryl methyl sites for hydroxylation is 2. The molecule has 3 aromatic rings. The number of hydrogen-bond acceptors (Lipinski definition) is 5. The summed E-state index contributed by atoms with van der Waals surface area (Å²) in [5.41, 5.74) is 2.96. The molecule has 0 aliphatic heterocycles. The Kier molecular flexibility index (Phi) is 6.77. The van der Waals surface area contributed by atoms with E-state index in [-0.39, 0.29) is 11.3 Å². The third kappa shape index (κ3) is 5.00. The number of benzene rings is 2. The zero-order valence-corrected chi connectivity index (χ0v) is 17.6. The number of nitrogens with zero attached hydrogens (tertiary/aromatic N) is 1. The predicted molar refractivity (Wildman–Crippen MR) is 115 cm³/mol. The van der Waals surface area contributed by atoms with Crippen molar-refractivity contribution in [3.05, 3.63) is 87.2 Å². The minimum absolute atomic E-state index is 0.0473. The molecule has 0 spiro atoms. The minimum atomic E-state index is -1.15. The molecule has 0 saturated heterocycles. The van der Waals surface area contributed by atoms with Gasteiger partial charge >= 0.3 is 18.9 Å². The first-order valence-electron chi connectivity index (χ1n) is 8.85. The number of carbonyl (C=O) groups is 2. The Morgan fingerprint density at radius 2 is 1.50 bits per heavy atom. The van der Waals surface area contributed by atoms with Gasteiger partial charge in [0.05, 0.1) is 5.56 Å². The molecular weight excluding hydrogens is 428 g/mol. The highest BCUT2D eigenvalue weighted by molar-refractivity contribution is 6.80. The maximum absolute atomic E-state index is 12.3. The Morgan fingerprint density at radius 3 is 1.93 bits per heavy atom. The van der Waals surface area contributed by atoms with Crippen LogP contribution in [0.5, 0.6) is 0 Å². The van der Waals surface area contributed by atoms with Gasteiger partial charge in [-0.1, -0.05) is 47.5 Å². The molecule has 0 fully saturated rings. The molecule has 0 amide bonds. The van der Waals surface area contributed by atoms with Gasteiger partial charge in [-0.05, 0) is 60.2 Å². The van der Waals surface area contributed by atoms with Crippen LogP contribution in [0.2, 0.25) is 10.0 Å². The van der Waals surface area contributed by atoms with Crippen molar-refractivity contribution in [2.75, 3.05) is 0 Å². The van der Waals surface area contributed by atoms with Gasteiger partial charge in [0.1, 0.15) is 0 Å². The van der Waals surface area contributed by atoms with E-state index in [4.69, 9.17) is 38.0 Å². The lowest BCUT2D eigenvalue weighted by atomic mass is 9.55. The van der Waals surface area contributed by atoms with Gasteiger partial charge in [-0.25, -0.2) is 19.4 Å². The first-order valence-corrected chi connectivity index (χ1v) is 9.61. The maximum atomic E-state index is 12.3. The zero-order chi connectivity index (χ0) is 21.8. The molecule has 3 rings (SSSR count). The van der Waals surface area contributed by atoms with E-state index in [1.807, 2.05) is 38.1 Å². The number of aromatic carboxylic acids is 1. The monoisotopic (exact) mass is 443 g/mol. The second-order valence-corrected chi connectivity index (χ2v) is 7.42. The van der Waals surface area contributed by atoms with E-state index in [0.717, 1.165) is 17.3 Å². The Balaban J connectivity index is 1.86. The fourth-order valence-electron chi connectivity index (χ4n) is 2.62. The number of halogens is 2. The van der Waals surface area contributed by atoms with Crippen LogP contribution in [0.25, 0.3) is 0 Å². The summed E-state index contributed by atoms with van der Waals surface area (Å²) in [7, 11) is 0. The molecule has 0 aliphatic rings. The summed E-state index contributed by atoms with van der Waals surface area (Å²) in [5.74, 6) is -2.01. The van der Waals surface area contributed by atoms with E-state index in [2.05, 4.69) is 4.98 Å². The summed E-state index contributed by atoms with van der Waals surface area (Å²) in [6.45, 7) is 2.96.